The number of hydrogen-bond acceptors (Lipinski definition) is 15. The topological polar surface area (TPSA) is 260 Å². The van der Waals surface area contributed by atoms with E-state index in [-0.39, 0.29) is 87.5 Å². The highest BCUT2D eigenvalue weighted by molar-refractivity contribution is 8.03. The Morgan fingerprint density at radius 3 is 1.57 bits per heavy atom. The van der Waals surface area contributed by atoms with Gasteiger partial charge < -0.3 is 40.0 Å². The predicted molar refractivity (Wildman–Crippen MR) is 510 cm³/mol. The molecule has 0 saturated heterocycles. The summed E-state index contributed by atoms with van der Waals surface area (Å²) in [5.41, 5.74) is 17.4. The number of aliphatic hydroxyl groups excluding tert-OH is 1. The van der Waals surface area contributed by atoms with E-state index in [1.165, 1.54) is 44.4 Å². The minimum absolute atomic E-state index is 0.0216. The number of carbonyl (C=O) groups excluding carboxylic acids is 6. The summed E-state index contributed by atoms with van der Waals surface area (Å²) in [4.78, 5) is 98.9. The van der Waals surface area contributed by atoms with Crippen molar-refractivity contribution in [3.63, 3.8) is 0 Å². The molecule has 11 aliphatic rings. The van der Waals surface area contributed by atoms with Crippen LogP contribution in [0.4, 0.5) is 0 Å². The maximum Gasteiger partial charge on any atom is 0.309 e. The number of ketones is 1. The Bertz CT molecular complexity index is 5200. The van der Waals surface area contributed by atoms with Crippen LogP contribution in [0.1, 0.15) is 345 Å². The fraction of sp³-hybridized carbons (Fsp3) is 0.615. The van der Waals surface area contributed by atoms with Crippen LogP contribution in [0.15, 0.2) is 135 Å². The van der Waals surface area contributed by atoms with E-state index in [0.29, 0.717) is 46.7 Å². The summed E-state index contributed by atoms with van der Waals surface area (Å²) in [5, 5.41) is 28.5. The molecule has 14 rings (SSSR count). The second-order valence-electron chi connectivity index (χ2n) is 44.8. The van der Waals surface area contributed by atoms with E-state index < -0.39 is 52.1 Å². The van der Waals surface area contributed by atoms with E-state index in [0.717, 1.165) is 182 Å². The average Bonchev–Trinajstić information content (AvgIpc) is 0.669. The zero-order valence-electron chi connectivity index (χ0n) is 81.8. The number of carbonyl (C=O) groups is 8. The fourth-order valence-corrected chi connectivity index (χ4v) is 29.2. The molecule has 7 saturated carbocycles. The molecule has 3 unspecified atom stereocenters. The Morgan fingerprint density at radius 2 is 1.07 bits per heavy atom. The summed E-state index contributed by atoms with van der Waals surface area (Å²) >= 11 is 3.57. The van der Waals surface area contributed by atoms with Crippen molar-refractivity contribution in [2.45, 2.75) is 342 Å². The van der Waals surface area contributed by atoms with E-state index in [4.69, 9.17) is 29.8 Å². The molecule has 0 radical (unpaired) electrons. The van der Waals surface area contributed by atoms with Crippen LogP contribution >= 0.6 is 23.5 Å². The van der Waals surface area contributed by atoms with Crippen LogP contribution in [0.3, 0.4) is 0 Å². The van der Waals surface area contributed by atoms with E-state index in [1.54, 1.807) is 38.6 Å². The van der Waals surface area contributed by atoms with Crippen LogP contribution in [0.5, 0.6) is 23.0 Å². The van der Waals surface area contributed by atoms with Gasteiger partial charge in [-0.2, -0.15) is 0 Å². The minimum atomic E-state index is -0.757. The highest BCUT2D eigenvalue weighted by atomic mass is 32.2. The first kappa shape index (κ1) is 99.6. The minimum Gasteiger partial charge on any atom is -0.504 e. The van der Waals surface area contributed by atoms with Crippen molar-refractivity contribution in [1.29, 1.82) is 0 Å². The summed E-state index contributed by atoms with van der Waals surface area (Å²) in [7, 11) is 0. The van der Waals surface area contributed by atoms with Crippen molar-refractivity contribution < 1.29 is 72.6 Å². The standard InChI is InChI=1S/C40H51NO5S.C35H48O4S.C29H40O4.C5H10O2/c1-23-10-12-27(13-11-23)47-30-21-31-38(7,28-20-29(45-25(3)42)34(46-26(4)43)24(2)33(28)30)17-19-40(9)32-22-37(6,35(41)44)15-14-36(32,5)16-18-39(31,40)8;1-12-15-16-26(13-2)40-29-20-30-34(10,18-17-33(9,21-22(4)5)35(30,11)14-3)27-19-28(38-24(7)36)32(39-25(8)37)23(6)31(27)29;1-17-18-7-8-21-27(4,19(18)15-20(30)23(17)31)12-14-29(6)22-16-26(3,24(32)33)10-9-25(22,2)11-13-28(21,29)5;1-5(2,3)4(6)7/h10-13,20-21,30,32H,14-19,22H2,1-9H3,(H2,41,44);12-13,15-16,19-20,22,29H,2,14,17-18,21H2,1,3-11H3;7,15,21-22,31H,8-14,16H2,1-6H3,(H,32,33);1-3H3,(H,6,7)/b;15-12+,26-16+;;/t30?,32-,36-,37-,38+,39-,40+;29?,33-,34-,35+;21?,22-,25-,26-,27+,28-,29+;/m101./s1. The molecule has 18 atom stereocenters. The van der Waals surface area contributed by atoms with E-state index in [9.17, 15) is 48.6 Å². The summed E-state index contributed by atoms with van der Waals surface area (Å²) in [6.07, 6.45) is 36.0. The number of thioether (sulfide) groups is 2. The van der Waals surface area contributed by atoms with Gasteiger partial charge in [0.25, 0.3) is 0 Å². The number of aryl methyl sites for hydroxylation is 1. The molecule has 0 aliphatic heterocycles. The van der Waals surface area contributed by atoms with Gasteiger partial charge in [-0.25, -0.2) is 0 Å². The third-order valence-electron chi connectivity index (χ3n) is 35.4. The number of nitrogens with two attached hydrogens (primary N) is 1. The second kappa shape index (κ2) is 35.3. The van der Waals surface area contributed by atoms with Crippen LogP contribution in [-0.2, 0) is 49.2 Å². The monoisotopic (exact) mass is 1780 g/mol. The number of benzene rings is 3. The van der Waals surface area contributed by atoms with E-state index in [1.807, 2.05) is 76.7 Å². The fourth-order valence-electron chi connectivity index (χ4n) is 26.8. The van der Waals surface area contributed by atoms with Gasteiger partial charge in [-0.05, 0) is 327 Å². The van der Waals surface area contributed by atoms with Crippen molar-refractivity contribution >= 4 is 71.0 Å². The molecule has 0 spiro atoms. The molecule has 16 nitrogen and oxygen atoms in total. The van der Waals surface area contributed by atoms with Gasteiger partial charge in [-0.1, -0.05) is 176 Å². The molecule has 3 aromatic carbocycles. The molecule has 127 heavy (non-hydrogen) atoms. The van der Waals surface area contributed by atoms with Crippen LogP contribution in [0.25, 0.3) is 0 Å². The Morgan fingerprint density at radius 1 is 0.606 bits per heavy atom. The summed E-state index contributed by atoms with van der Waals surface area (Å²) in [6.45, 7) is 62.4. The number of fused-ring (bicyclic) bond motifs is 17. The van der Waals surface area contributed by atoms with E-state index >= 15 is 0 Å². The number of carboxylic acid groups (broad SMARTS) is 2. The predicted octanol–water partition coefficient (Wildman–Crippen LogP) is 26.7. The molecular formula is C109H149NO15S2. The van der Waals surface area contributed by atoms with Gasteiger partial charge in [-0.3, -0.25) is 38.4 Å². The van der Waals surface area contributed by atoms with Crippen LogP contribution in [0.2, 0.25) is 0 Å². The molecule has 3 aromatic rings. The maximum atomic E-state index is 12.8. The Balaban J connectivity index is 0.000000180. The largest absolute Gasteiger partial charge is 0.504 e. The van der Waals surface area contributed by atoms with Crippen molar-refractivity contribution in [2.24, 2.45) is 94.4 Å². The quantitative estimate of drug-likeness (QED) is 0.0477. The van der Waals surface area contributed by atoms with Crippen LogP contribution in [0, 0.1) is 109 Å². The number of ether oxygens (including phenoxy) is 4. The van der Waals surface area contributed by atoms with Gasteiger partial charge in [0, 0.05) is 70.4 Å². The zero-order valence-corrected chi connectivity index (χ0v) is 83.5. The normalized spacial score (nSPS) is 35.5. The summed E-state index contributed by atoms with van der Waals surface area (Å²) in [6, 6.07) is 12.6. The van der Waals surface area contributed by atoms with Gasteiger partial charge in [-0.15, -0.1) is 23.5 Å². The lowest BCUT2D eigenvalue weighted by Gasteiger charge is -2.72. The van der Waals surface area contributed by atoms with E-state index in [2.05, 4.69) is 166 Å². The molecule has 11 aliphatic carbocycles. The van der Waals surface area contributed by atoms with Gasteiger partial charge in [0.2, 0.25) is 11.7 Å². The first-order chi connectivity index (χ1) is 58.7. The Hall–Kier alpha value is -7.96. The van der Waals surface area contributed by atoms with Crippen LogP contribution < -0.4 is 24.7 Å². The number of aliphatic carboxylic acids is 2. The third kappa shape index (κ3) is 17.3. The maximum absolute atomic E-state index is 12.8. The van der Waals surface area contributed by atoms with Crippen molar-refractivity contribution in [2.75, 3.05) is 0 Å². The lowest BCUT2D eigenvalue weighted by Crippen LogP contribution is -2.64. The molecule has 18 heteroatoms. The second-order valence-corrected chi connectivity index (χ2v) is 47.2. The lowest BCUT2D eigenvalue weighted by molar-refractivity contribution is -0.217. The SMILES string of the molecule is C=C/C(=C\C=C\C)SC1C=C2[C@@](C)(CC[C@@](C)(CC(C)C)[C@]2(C)CC)c2cc(OC(C)=O)c(OC(C)=O)c(C)c21.CC(=O)Oc1cc2c(c(C)c1OC(C)=O)C(Sc1ccc(C)cc1)C=C1[C@@]2(C)CC[C@@]2(C)[C@@H]3C[C@](C)(C(N)=O)CC[C@]3(C)CC[C@]12C.CC(C)(C)C(=O)O.CC1=C(O)C(=O)C=C2C1=CCC1[C@@]2(C)CC[C@@]2(C)[C@@H]3C[C@](C)(C(=O)O)CC[C@]3(C)CC[C@]12C. The van der Waals surface area contributed by atoms with Gasteiger partial charge >= 0.3 is 35.8 Å². The number of aliphatic hydroxyl groups is 1. The Kier molecular flexibility index (Phi) is 27.7. The van der Waals surface area contributed by atoms with Crippen LogP contribution in [-0.4, -0.2) is 62.8 Å². The van der Waals surface area contributed by atoms with Gasteiger partial charge in [0.15, 0.2) is 28.8 Å². The smallest absolute Gasteiger partial charge is 0.309 e. The molecule has 0 aromatic heterocycles. The number of hydrogen-bond donors (Lipinski definition) is 4. The molecule has 5 N–H and O–H groups in total. The average molecular weight is 1780 g/mol. The molecule has 7 fully saturated rings. The van der Waals surface area contributed by atoms with Gasteiger partial charge in [0.1, 0.15) is 0 Å². The van der Waals surface area contributed by atoms with Crippen molar-refractivity contribution in [1.82, 2.24) is 0 Å². The number of carboxylic acids is 2. The third-order valence-corrected chi connectivity index (χ3v) is 37.8. The lowest BCUT2D eigenvalue weighted by atomic mass is 9.32. The molecule has 692 valence electrons. The number of esters is 4. The van der Waals surface area contributed by atoms with Gasteiger partial charge in [0.05, 0.1) is 21.3 Å². The number of rotatable bonds is 15. The molecule has 0 heterocycles. The summed E-state index contributed by atoms with van der Waals surface area (Å²) in [5.74, 6) is -0.734. The van der Waals surface area contributed by atoms with Crippen molar-refractivity contribution in [3.05, 3.63) is 169 Å². The highest BCUT2D eigenvalue weighted by Crippen LogP contribution is 2.79. The number of primary amides is 1. The molecular weight excluding hydrogens is 1630 g/mol. The number of allylic oxidation sites excluding steroid dienone is 11. The first-order valence-electron chi connectivity index (χ1n) is 46.7. The summed E-state index contributed by atoms with van der Waals surface area (Å²) < 4.78 is 23.0. The molecule has 1 amide bonds. The van der Waals surface area contributed by atoms with Crippen molar-refractivity contribution in [3.8, 4) is 23.0 Å². The highest BCUT2D eigenvalue weighted by Gasteiger charge is 2.71. The zero-order chi connectivity index (χ0) is 94.6. The first-order valence-corrected chi connectivity index (χ1v) is 48.5. The molecule has 0 bridgehead atoms. The number of amides is 1. The Labute approximate surface area is 767 Å².